The molecule has 4 nitrogen and oxygen atoms in total. The number of methoxy groups -OCH3 is 1. The zero-order chi connectivity index (χ0) is 14.1. The van der Waals surface area contributed by atoms with Crippen LogP contribution in [0.5, 0.6) is 5.75 Å². The lowest BCUT2D eigenvalue weighted by molar-refractivity contribution is 0.414. The number of hydrogen-bond acceptors (Lipinski definition) is 3. The molecule has 0 fully saturated rings. The van der Waals surface area contributed by atoms with Crippen LogP contribution in [0.4, 0.5) is 0 Å². The number of ether oxygens (including phenoxy) is 1. The summed E-state index contributed by atoms with van der Waals surface area (Å²) in [7, 11) is -2.29. The zero-order valence-electron chi connectivity index (χ0n) is 10.5. The Hall–Kier alpha value is -0.490. The highest BCUT2D eigenvalue weighted by atomic mass is 35.5. The van der Waals surface area contributed by atoms with Crippen LogP contribution in [-0.4, -0.2) is 21.1 Å². The van der Waals surface area contributed by atoms with E-state index in [4.69, 9.17) is 27.9 Å². The van der Waals surface area contributed by atoms with Crippen molar-refractivity contribution < 1.29 is 13.2 Å². The summed E-state index contributed by atoms with van der Waals surface area (Å²) in [6, 6.07) is 2.83. The number of benzene rings is 1. The Morgan fingerprint density at radius 3 is 2.17 bits per heavy atom. The molecule has 0 aliphatic carbocycles. The first kappa shape index (κ1) is 15.6. The fraction of sp³-hybridized carbons (Fsp3) is 0.455. The van der Waals surface area contributed by atoms with Gasteiger partial charge in [0.05, 0.1) is 12.1 Å². The molecule has 0 spiro atoms. The second kappa shape index (κ2) is 5.25. The quantitative estimate of drug-likeness (QED) is 0.933. The SMILES string of the molecule is COc1ccc(S(=O)(=O)NC(C)(C)C)c(Cl)c1Cl. The molecule has 0 bridgehead atoms. The third kappa shape index (κ3) is 3.51. The Morgan fingerprint density at radius 1 is 1.17 bits per heavy atom. The number of sulfonamides is 1. The van der Waals surface area contributed by atoms with Crippen molar-refractivity contribution >= 4 is 33.2 Å². The van der Waals surface area contributed by atoms with Crippen LogP contribution in [0.3, 0.4) is 0 Å². The molecule has 0 heterocycles. The summed E-state index contributed by atoms with van der Waals surface area (Å²) in [4.78, 5) is -0.0649. The molecule has 0 saturated heterocycles. The standard InChI is InChI=1S/C11H15Cl2NO3S/c1-11(2,3)14-18(15,16)8-6-5-7(17-4)9(12)10(8)13/h5-6,14H,1-4H3. The summed E-state index contributed by atoms with van der Waals surface area (Å²) >= 11 is 11.9. The van der Waals surface area contributed by atoms with E-state index in [2.05, 4.69) is 4.72 Å². The molecular formula is C11H15Cl2NO3S. The van der Waals surface area contributed by atoms with Gasteiger partial charge < -0.3 is 4.74 Å². The summed E-state index contributed by atoms with van der Waals surface area (Å²) < 4.78 is 31.7. The molecule has 1 aromatic carbocycles. The lowest BCUT2D eigenvalue weighted by atomic mass is 10.1. The van der Waals surface area contributed by atoms with Crippen LogP contribution in [0.15, 0.2) is 17.0 Å². The van der Waals surface area contributed by atoms with Gasteiger partial charge in [0.25, 0.3) is 0 Å². The lowest BCUT2D eigenvalue weighted by Gasteiger charge is -2.21. The first-order chi connectivity index (χ1) is 8.08. The third-order valence-corrected chi connectivity index (χ3v) is 4.74. The van der Waals surface area contributed by atoms with Gasteiger partial charge in [-0.05, 0) is 32.9 Å². The molecule has 0 amide bonds. The second-order valence-electron chi connectivity index (χ2n) is 4.75. The molecule has 0 aliphatic rings. The average molecular weight is 312 g/mol. The van der Waals surface area contributed by atoms with Gasteiger partial charge in [-0.25, -0.2) is 13.1 Å². The maximum absolute atomic E-state index is 12.1. The summed E-state index contributed by atoms with van der Waals surface area (Å²) in [6.45, 7) is 5.22. The predicted molar refractivity (Wildman–Crippen MR) is 73.1 cm³/mol. The Labute approximate surface area is 117 Å². The van der Waals surface area contributed by atoms with Crippen molar-refractivity contribution in [2.75, 3.05) is 7.11 Å². The zero-order valence-corrected chi connectivity index (χ0v) is 12.9. The number of halogens is 2. The van der Waals surface area contributed by atoms with E-state index in [9.17, 15) is 8.42 Å². The van der Waals surface area contributed by atoms with E-state index >= 15 is 0 Å². The summed E-state index contributed by atoms with van der Waals surface area (Å²) in [6.07, 6.45) is 0. The Bertz CT molecular complexity index is 550. The van der Waals surface area contributed by atoms with Crippen LogP contribution in [-0.2, 0) is 10.0 Å². The highest BCUT2D eigenvalue weighted by Crippen LogP contribution is 2.36. The largest absolute Gasteiger partial charge is 0.495 e. The average Bonchev–Trinajstić information content (AvgIpc) is 2.18. The van der Waals surface area contributed by atoms with E-state index in [-0.39, 0.29) is 14.9 Å². The van der Waals surface area contributed by atoms with Crippen molar-refractivity contribution in [2.24, 2.45) is 0 Å². The van der Waals surface area contributed by atoms with E-state index in [1.165, 1.54) is 19.2 Å². The van der Waals surface area contributed by atoms with Crippen LogP contribution >= 0.6 is 23.2 Å². The van der Waals surface area contributed by atoms with Crippen molar-refractivity contribution in [1.82, 2.24) is 4.72 Å². The summed E-state index contributed by atoms with van der Waals surface area (Å²) in [5.74, 6) is 0.330. The molecule has 0 aromatic heterocycles. The minimum atomic E-state index is -3.72. The maximum atomic E-state index is 12.1. The topological polar surface area (TPSA) is 55.4 Å². The first-order valence-corrected chi connectivity index (χ1v) is 7.38. The van der Waals surface area contributed by atoms with Gasteiger partial charge in [-0.1, -0.05) is 23.2 Å². The van der Waals surface area contributed by atoms with Crippen molar-refractivity contribution in [3.63, 3.8) is 0 Å². The normalized spacial score (nSPS) is 12.6. The highest BCUT2D eigenvalue weighted by Gasteiger charge is 2.26. The summed E-state index contributed by atoms with van der Waals surface area (Å²) in [5.41, 5.74) is -0.603. The van der Waals surface area contributed by atoms with Crippen LogP contribution < -0.4 is 9.46 Å². The van der Waals surface area contributed by atoms with Gasteiger partial charge >= 0.3 is 0 Å². The number of rotatable bonds is 3. The van der Waals surface area contributed by atoms with Crippen molar-refractivity contribution in [3.05, 3.63) is 22.2 Å². The van der Waals surface area contributed by atoms with Crippen molar-refractivity contribution in [3.8, 4) is 5.75 Å². The molecule has 0 atom stereocenters. The van der Waals surface area contributed by atoms with E-state index in [1.54, 1.807) is 20.8 Å². The van der Waals surface area contributed by atoms with Gasteiger partial charge in [0.1, 0.15) is 15.7 Å². The Morgan fingerprint density at radius 2 is 1.72 bits per heavy atom. The van der Waals surface area contributed by atoms with Crippen LogP contribution in [0.1, 0.15) is 20.8 Å². The van der Waals surface area contributed by atoms with Gasteiger partial charge in [-0.3, -0.25) is 0 Å². The molecular weight excluding hydrogens is 297 g/mol. The fourth-order valence-electron chi connectivity index (χ4n) is 1.34. The molecule has 1 N–H and O–H groups in total. The highest BCUT2D eigenvalue weighted by molar-refractivity contribution is 7.89. The Balaban J connectivity index is 3.31. The molecule has 7 heteroatoms. The van der Waals surface area contributed by atoms with Crippen LogP contribution in [0.25, 0.3) is 0 Å². The minimum absolute atomic E-state index is 0.0484. The van der Waals surface area contributed by atoms with Crippen LogP contribution in [0, 0.1) is 0 Å². The van der Waals surface area contributed by atoms with Crippen molar-refractivity contribution in [2.45, 2.75) is 31.2 Å². The minimum Gasteiger partial charge on any atom is -0.495 e. The van der Waals surface area contributed by atoms with Gasteiger partial charge in [0.15, 0.2) is 0 Å². The molecule has 18 heavy (non-hydrogen) atoms. The maximum Gasteiger partial charge on any atom is 0.242 e. The molecule has 1 aromatic rings. The molecule has 0 unspecified atom stereocenters. The third-order valence-electron chi connectivity index (χ3n) is 1.96. The van der Waals surface area contributed by atoms with Crippen LogP contribution in [0.2, 0.25) is 10.0 Å². The summed E-state index contributed by atoms with van der Waals surface area (Å²) in [5, 5.41) is 0.0312. The Kier molecular flexibility index (Phi) is 4.54. The molecule has 0 aliphatic heterocycles. The lowest BCUT2D eigenvalue weighted by Crippen LogP contribution is -2.40. The van der Waals surface area contributed by atoms with E-state index in [0.717, 1.165) is 0 Å². The van der Waals surface area contributed by atoms with Gasteiger partial charge in [-0.15, -0.1) is 0 Å². The van der Waals surface area contributed by atoms with Gasteiger partial charge in [0.2, 0.25) is 10.0 Å². The number of nitrogens with one attached hydrogen (secondary N) is 1. The van der Waals surface area contributed by atoms with E-state index in [1.807, 2.05) is 0 Å². The van der Waals surface area contributed by atoms with E-state index < -0.39 is 15.6 Å². The van der Waals surface area contributed by atoms with Crippen molar-refractivity contribution in [1.29, 1.82) is 0 Å². The first-order valence-electron chi connectivity index (χ1n) is 5.14. The molecule has 1 rings (SSSR count). The van der Waals surface area contributed by atoms with Gasteiger partial charge in [-0.2, -0.15) is 0 Å². The second-order valence-corrected chi connectivity index (χ2v) is 7.16. The smallest absolute Gasteiger partial charge is 0.242 e. The fourth-order valence-corrected chi connectivity index (χ4v) is 3.60. The van der Waals surface area contributed by atoms with E-state index in [0.29, 0.717) is 5.75 Å². The number of hydrogen-bond donors (Lipinski definition) is 1. The monoisotopic (exact) mass is 311 g/mol. The predicted octanol–water partition coefficient (Wildman–Crippen LogP) is 3.08. The molecule has 0 saturated carbocycles. The molecule has 102 valence electrons. The van der Waals surface area contributed by atoms with Gasteiger partial charge in [0, 0.05) is 5.54 Å². The molecule has 0 radical (unpaired) electrons.